The lowest BCUT2D eigenvalue weighted by Crippen LogP contribution is -2.32. The van der Waals surface area contributed by atoms with Crippen molar-refractivity contribution in [2.45, 2.75) is 57.5 Å². The summed E-state index contributed by atoms with van der Waals surface area (Å²) >= 11 is 0. The van der Waals surface area contributed by atoms with Gasteiger partial charge in [-0.15, -0.1) is 0 Å². The summed E-state index contributed by atoms with van der Waals surface area (Å²) in [7, 11) is 0. The fourth-order valence-corrected chi connectivity index (χ4v) is 5.39. The Balaban J connectivity index is 1.88. The molecule has 2 N–H and O–H groups in total. The second-order valence-corrected chi connectivity index (χ2v) is 10.1. The van der Waals surface area contributed by atoms with Crippen molar-refractivity contribution in [3.63, 3.8) is 0 Å². The number of aryl methyl sites for hydroxylation is 1. The lowest BCUT2D eigenvalue weighted by molar-refractivity contribution is -0.153. The third-order valence-electron chi connectivity index (χ3n) is 7.17. The number of nitriles is 1. The van der Waals surface area contributed by atoms with E-state index in [1.165, 1.54) is 6.07 Å². The highest BCUT2D eigenvalue weighted by molar-refractivity contribution is 6.00. The molecule has 0 amide bonds. The first-order valence-electron chi connectivity index (χ1n) is 11.8. The van der Waals surface area contributed by atoms with E-state index in [-0.39, 0.29) is 36.7 Å². The molecule has 0 saturated carbocycles. The number of nitrogens with one attached hydrogen (secondary N) is 1. The molecule has 2 atom stereocenters. The highest BCUT2D eigenvalue weighted by atomic mass is 19.1. The third kappa shape index (κ3) is 3.73. The molecule has 1 aliphatic rings. The minimum absolute atomic E-state index is 0.106. The maximum absolute atomic E-state index is 16.2. The monoisotopic (exact) mass is 492 g/mol. The Labute approximate surface area is 206 Å². The first kappa shape index (κ1) is 23.9. The van der Waals surface area contributed by atoms with Crippen molar-refractivity contribution < 1.29 is 23.4 Å². The molecule has 0 unspecified atom stereocenters. The van der Waals surface area contributed by atoms with E-state index in [4.69, 9.17) is 4.74 Å². The quantitative estimate of drug-likeness (QED) is 0.376. The number of aliphatic carboxylic acids is 1. The summed E-state index contributed by atoms with van der Waals surface area (Å²) in [5.41, 5.74) is 2.62. The van der Waals surface area contributed by atoms with Gasteiger partial charge in [-0.25, -0.2) is 13.6 Å². The zero-order valence-corrected chi connectivity index (χ0v) is 20.2. The van der Waals surface area contributed by atoms with Crippen molar-refractivity contribution in [1.29, 1.82) is 5.26 Å². The summed E-state index contributed by atoms with van der Waals surface area (Å²) in [5.74, 6) is -2.14. The standard InChI is InChI=1S/C27H26F2N4O3/c1-14-10-17(5-6-18(14)28)33-19-11-16-12-31-32-24(16)23(29)22(19)21(25(33)27(2,3)8-9-30)15-4-7-20(26(34)35)36-13-15/h5-6,10-12,15,20H,4,7-8,13H2,1-3H3,(H,31,32)(H,34,35)/t15-,20+/m0/s1. The van der Waals surface area contributed by atoms with E-state index in [1.807, 2.05) is 24.5 Å². The lowest BCUT2D eigenvalue weighted by atomic mass is 9.78. The summed E-state index contributed by atoms with van der Waals surface area (Å²) in [6.45, 7) is 5.63. The van der Waals surface area contributed by atoms with Gasteiger partial charge < -0.3 is 14.4 Å². The number of hydrogen-bond donors (Lipinski definition) is 2. The van der Waals surface area contributed by atoms with Gasteiger partial charge in [0.1, 0.15) is 11.3 Å². The van der Waals surface area contributed by atoms with Crippen molar-refractivity contribution in [2.75, 3.05) is 6.61 Å². The summed E-state index contributed by atoms with van der Waals surface area (Å²) in [4.78, 5) is 11.5. The number of carbonyl (C=O) groups is 1. The highest BCUT2D eigenvalue weighted by Gasteiger charge is 2.38. The van der Waals surface area contributed by atoms with Crippen LogP contribution in [-0.4, -0.2) is 38.6 Å². The van der Waals surface area contributed by atoms with Gasteiger partial charge in [-0.3, -0.25) is 5.10 Å². The van der Waals surface area contributed by atoms with Crippen molar-refractivity contribution >= 4 is 27.8 Å². The fraction of sp³-hybridized carbons (Fsp3) is 0.370. The van der Waals surface area contributed by atoms with E-state index in [1.54, 1.807) is 25.3 Å². The van der Waals surface area contributed by atoms with Gasteiger partial charge in [0, 0.05) is 39.9 Å². The smallest absolute Gasteiger partial charge is 0.332 e. The number of carboxylic acid groups (broad SMARTS) is 1. The van der Waals surface area contributed by atoms with Gasteiger partial charge in [-0.05, 0) is 55.2 Å². The highest BCUT2D eigenvalue weighted by Crippen LogP contribution is 2.46. The first-order chi connectivity index (χ1) is 17.1. The van der Waals surface area contributed by atoms with Crippen molar-refractivity contribution in [1.82, 2.24) is 14.8 Å². The number of aromatic amines is 1. The van der Waals surface area contributed by atoms with Gasteiger partial charge in [-0.2, -0.15) is 10.4 Å². The number of hydrogen-bond acceptors (Lipinski definition) is 4. The minimum Gasteiger partial charge on any atom is -0.479 e. The minimum atomic E-state index is -1.02. The normalized spacial score (nSPS) is 18.6. The maximum Gasteiger partial charge on any atom is 0.332 e. The second-order valence-electron chi connectivity index (χ2n) is 10.1. The van der Waals surface area contributed by atoms with Gasteiger partial charge in [0.15, 0.2) is 11.9 Å². The van der Waals surface area contributed by atoms with E-state index in [2.05, 4.69) is 16.3 Å². The Kier molecular flexibility index (Phi) is 5.80. The molecule has 1 saturated heterocycles. The summed E-state index contributed by atoms with van der Waals surface area (Å²) in [5, 5.41) is 26.8. The number of rotatable bonds is 5. The molecular formula is C27H26F2N4O3. The Hall–Kier alpha value is -3.77. The van der Waals surface area contributed by atoms with Gasteiger partial charge in [0.25, 0.3) is 0 Å². The molecule has 1 fully saturated rings. The Morgan fingerprint density at radius 2 is 2.11 bits per heavy atom. The fourth-order valence-electron chi connectivity index (χ4n) is 5.39. The van der Waals surface area contributed by atoms with Gasteiger partial charge in [0.2, 0.25) is 0 Å². The van der Waals surface area contributed by atoms with Crippen LogP contribution in [0.3, 0.4) is 0 Å². The molecule has 4 aromatic rings. The van der Waals surface area contributed by atoms with Crippen molar-refractivity contribution in [3.8, 4) is 11.8 Å². The molecule has 2 aromatic carbocycles. The molecule has 7 nitrogen and oxygen atoms in total. The number of halogens is 2. The van der Waals surface area contributed by atoms with Crippen LogP contribution < -0.4 is 0 Å². The maximum atomic E-state index is 16.2. The average Bonchev–Trinajstić information content (AvgIpc) is 3.45. The molecule has 36 heavy (non-hydrogen) atoms. The number of benzene rings is 2. The van der Waals surface area contributed by atoms with Crippen molar-refractivity contribution in [2.24, 2.45) is 0 Å². The first-order valence-corrected chi connectivity index (χ1v) is 11.8. The molecule has 5 rings (SSSR count). The van der Waals surface area contributed by atoms with Gasteiger partial charge >= 0.3 is 5.97 Å². The van der Waals surface area contributed by atoms with E-state index in [9.17, 15) is 19.6 Å². The van der Waals surface area contributed by atoms with Crippen LogP contribution in [0.15, 0.2) is 30.5 Å². The predicted molar refractivity (Wildman–Crippen MR) is 130 cm³/mol. The molecular weight excluding hydrogens is 466 g/mol. The molecule has 0 spiro atoms. The third-order valence-corrected chi connectivity index (χ3v) is 7.17. The van der Waals surface area contributed by atoms with Crippen molar-refractivity contribution in [3.05, 3.63) is 58.9 Å². The number of carboxylic acids is 1. The average molecular weight is 493 g/mol. The van der Waals surface area contributed by atoms with Crippen LogP contribution in [0, 0.1) is 29.9 Å². The summed E-state index contributed by atoms with van der Waals surface area (Å²) < 4.78 is 38.0. The summed E-state index contributed by atoms with van der Waals surface area (Å²) in [6.07, 6.45) is 1.56. The molecule has 2 aromatic heterocycles. The van der Waals surface area contributed by atoms with E-state index in [0.717, 1.165) is 5.69 Å². The van der Waals surface area contributed by atoms with Crippen LogP contribution in [0.2, 0.25) is 0 Å². The SMILES string of the molecule is Cc1cc(-n2c(C(C)(C)CC#N)c([C@H]3CC[C@H](C(=O)O)OC3)c3c(F)c4[nH]ncc4cc32)ccc1F. The van der Waals surface area contributed by atoms with Crippen LogP contribution in [-0.2, 0) is 14.9 Å². The van der Waals surface area contributed by atoms with E-state index in [0.29, 0.717) is 39.5 Å². The zero-order valence-electron chi connectivity index (χ0n) is 20.2. The number of fused-ring (bicyclic) bond motifs is 2. The van der Waals surface area contributed by atoms with E-state index >= 15 is 4.39 Å². The van der Waals surface area contributed by atoms with Crippen LogP contribution >= 0.6 is 0 Å². The number of H-pyrrole nitrogens is 1. The number of aromatic nitrogens is 3. The molecule has 9 heteroatoms. The molecule has 3 heterocycles. The number of nitrogens with zero attached hydrogens (tertiary/aromatic N) is 3. The largest absolute Gasteiger partial charge is 0.479 e. The molecule has 0 radical (unpaired) electrons. The molecule has 0 aliphatic carbocycles. The Morgan fingerprint density at radius 1 is 1.33 bits per heavy atom. The van der Waals surface area contributed by atoms with Crippen LogP contribution in [0.5, 0.6) is 0 Å². The van der Waals surface area contributed by atoms with Gasteiger partial charge in [0.05, 0.1) is 24.4 Å². The predicted octanol–water partition coefficient (Wildman–Crippen LogP) is 5.63. The van der Waals surface area contributed by atoms with E-state index < -0.39 is 23.3 Å². The lowest BCUT2D eigenvalue weighted by Gasteiger charge is -2.32. The second kappa shape index (κ2) is 8.71. The Morgan fingerprint density at radius 3 is 2.75 bits per heavy atom. The zero-order chi connectivity index (χ0) is 25.8. The van der Waals surface area contributed by atoms with Crippen LogP contribution in [0.4, 0.5) is 8.78 Å². The molecule has 186 valence electrons. The van der Waals surface area contributed by atoms with Crippen LogP contribution in [0.25, 0.3) is 27.5 Å². The van der Waals surface area contributed by atoms with Gasteiger partial charge in [-0.1, -0.05) is 13.8 Å². The Bertz CT molecular complexity index is 1540. The van der Waals surface area contributed by atoms with Crippen LogP contribution in [0.1, 0.15) is 55.8 Å². The topological polar surface area (TPSA) is 104 Å². The summed E-state index contributed by atoms with van der Waals surface area (Å²) in [6, 6.07) is 8.83. The molecule has 0 bridgehead atoms. The number of ether oxygens (including phenoxy) is 1. The molecule has 1 aliphatic heterocycles.